The Balaban J connectivity index is 1.77. The minimum Gasteiger partial charge on any atom is -0.493 e. The van der Waals surface area contributed by atoms with Gasteiger partial charge in [0, 0.05) is 0 Å². The maximum Gasteiger partial charge on any atom is 0.276 e. The van der Waals surface area contributed by atoms with Gasteiger partial charge in [0.05, 0.1) is 14.2 Å². The van der Waals surface area contributed by atoms with Gasteiger partial charge in [-0.1, -0.05) is 30.4 Å². The van der Waals surface area contributed by atoms with E-state index >= 15 is 0 Å². The van der Waals surface area contributed by atoms with E-state index in [4.69, 9.17) is 18.9 Å². The largest absolute Gasteiger partial charge is 0.493 e. The van der Waals surface area contributed by atoms with E-state index in [9.17, 15) is 9.59 Å². The van der Waals surface area contributed by atoms with Crippen molar-refractivity contribution in [2.45, 2.75) is 6.92 Å². The Morgan fingerprint density at radius 1 is 0.828 bits per heavy atom. The van der Waals surface area contributed by atoms with E-state index < -0.39 is 11.8 Å². The summed E-state index contributed by atoms with van der Waals surface area (Å²) < 4.78 is 21.2. The van der Waals surface area contributed by atoms with Crippen LogP contribution in [0.2, 0.25) is 0 Å². The van der Waals surface area contributed by atoms with Crippen LogP contribution in [0.25, 0.3) is 6.08 Å². The quantitative estimate of drug-likeness (QED) is 0.628. The molecule has 0 heterocycles. The van der Waals surface area contributed by atoms with Crippen molar-refractivity contribution in [2.24, 2.45) is 0 Å². The Morgan fingerprint density at radius 3 is 1.93 bits per heavy atom. The standard InChI is InChI=1S/C21H24N2O6/c1-4-7-15-10-11-18(19(12-15)27-3)29-14-21(25)23-22-20(24)13-28-17-9-6-5-8-16(17)26-2/h4-12H,13-14H2,1-3H3,(H,22,24)(H,23,25). The first-order valence-corrected chi connectivity index (χ1v) is 8.84. The van der Waals surface area contributed by atoms with Gasteiger partial charge >= 0.3 is 0 Å². The molecule has 0 bridgehead atoms. The highest BCUT2D eigenvalue weighted by molar-refractivity contribution is 5.83. The van der Waals surface area contributed by atoms with Crippen molar-refractivity contribution in [3.63, 3.8) is 0 Å². The summed E-state index contributed by atoms with van der Waals surface area (Å²) in [4.78, 5) is 23.7. The highest BCUT2D eigenvalue weighted by Crippen LogP contribution is 2.28. The van der Waals surface area contributed by atoms with Crippen LogP contribution in [-0.2, 0) is 9.59 Å². The smallest absolute Gasteiger partial charge is 0.276 e. The minimum absolute atomic E-state index is 0.290. The van der Waals surface area contributed by atoms with Crippen LogP contribution in [0.5, 0.6) is 23.0 Å². The first kappa shape index (κ1) is 21.6. The van der Waals surface area contributed by atoms with Crippen molar-refractivity contribution < 1.29 is 28.5 Å². The number of para-hydroxylation sites is 2. The van der Waals surface area contributed by atoms with Gasteiger partial charge < -0.3 is 18.9 Å². The van der Waals surface area contributed by atoms with Gasteiger partial charge in [0.15, 0.2) is 36.2 Å². The molecule has 0 unspecified atom stereocenters. The van der Waals surface area contributed by atoms with Crippen molar-refractivity contribution in [3.8, 4) is 23.0 Å². The molecular weight excluding hydrogens is 376 g/mol. The van der Waals surface area contributed by atoms with Crippen molar-refractivity contribution in [1.29, 1.82) is 0 Å². The lowest BCUT2D eigenvalue weighted by atomic mass is 10.2. The number of methoxy groups -OCH3 is 2. The van der Waals surface area contributed by atoms with E-state index in [1.807, 2.05) is 25.1 Å². The predicted octanol–water partition coefficient (Wildman–Crippen LogP) is 2.34. The first-order chi connectivity index (χ1) is 14.1. The fourth-order valence-electron chi connectivity index (χ4n) is 2.34. The Hall–Kier alpha value is -3.68. The van der Waals surface area contributed by atoms with Crippen LogP contribution in [0, 0.1) is 0 Å². The third-order valence-corrected chi connectivity index (χ3v) is 3.67. The molecule has 0 aliphatic heterocycles. The third-order valence-electron chi connectivity index (χ3n) is 3.67. The fraction of sp³-hybridized carbons (Fsp3) is 0.238. The number of carbonyl (C=O) groups is 2. The van der Waals surface area contributed by atoms with Gasteiger partial charge in [0.1, 0.15) is 0 Å². The third kappa shape index (κ3) is 6.76. The van der Waals surface area contributed by atoms with E-state index in [0.29, 0.717) is 23.0 Å². The molecule has 0 atom stereocenters. The fourth-order valence-corrected chi connectivity index (χ4v) is 2.34. The maximum absolute atomic E-state index is 11.9. The summed E-state index contributed by atoms with van der Waals surface area (Å²) in [7, 11) is 3.02. The van der Waals surface area contributed by atoms with E-state index in [1.165, 1.54) is 14.2 Å². The lowest BCUT2D eigenvalue weighted by Gasteiger charge is -2.13. The number of ether oxygens (including phenoxy) is 4. The number of hydrogen-bond acceptors (Lipinski definition) is 6. The molecule has 0 aliphatic carbocycles. The second-order valence-corrected chi connectivity index (χ2v) is 5.73. The molecule has 2 amide bonds. The summed E-state index contributed by atoms with van der Waals surface area (Å²) in [6.07, 6.45) is 3.82. The predicted molar refractivity (Wildman–Crippen MR) is 108 cm³/mol. The molecule has 2 aromatic rings. The van der Waals surface area contributed by atoms with Crippen LogP contribution >= 0.6 is 0 Å². The SMILES string of the molecule is CC=Cc1ccc(OCC(=O)NNC(=O)COc2ccccc2OC)c(OC)c1. The second-order valence-electron chi connectivity index (χ2n) is 5.73. The number of hydrogen-bond donors (Lipinski definition) is 2. The molecule has 0 fully saturated rings. The Labute approximate surface area is 169 Å². The van der Waals surface area contributed by atoms with Crippen LogP contribution in [0.3, 0.4) is 0 Å². The molecule has 0 saturated heterocycles. The lowest BCUT2D eigenvalue weighted by Crippen LogP contribution is -2.45. The zero-order valence-electron chi connectivity index (χ0n) is 16.6. The maximum atomic E-state index is 11.9. The number of hydrazine groups is 1. The Bertz CT molecular complexity index is 866. The molecule has 154 valence electrons. The molecule has 2 aromatic carbocycles. The average Bonchev–Trinajstić information content (AvgIpc) is 2.75. The molecule has 0 spiro atoms. The molecule has 2 rings (SSSR count). The van der Waals surface area contributed by atoms with Crippen molar-refractivity contribution in [1.82, 2.24) is 10.9 Å². The lowest BCUT2D eigenvalue weighted by molar-refractivity contribution is -0.131. The molecule has 29 heavy (non-hydrogen) atoms. The van der Waals surface area contributed by atoms with E-state index in [1.54, 1.807) is 36.4 Å². The van der Waals surface area contributed by atoms with Crippen LogP contribution in [0.1, 0.15) is 12.5 Å². The Kier molecular flexibility index (Phi) is 8.37. The molecule has 2 N–H and O–H groups in total. The van der Waals surface area contributed by atoms with E-state index in [0.717, 1.165) is 5.56 Å². The number of allylic oxidation sites excluding steroid dienone is 1. The molecule has 0 saturated carbocycles. The van der Waals surface area contributed by atoms with Gasteiger partial charge in [-0.15, -0.1) is 0 Å². The summed E-state index contributed by atoms with van der Waals surface area (Å²) in [5, 5.41) is 0. The number of rotatable bonds is 9. The van der Waals surface area contributed by atoms with Crippen LogP contribution in [-0.4, -0.2) is 39.2 Å². The monoisotopic (exact) mass is 400 g/mol. The second kappa shape index (κ2) is 11.2. The highest BCUT2D eigenvalue weighted by Gasteiger charge is 2.10. The number of carbonyl (C=O) groups excluding carboxylic acids is 2. The molecule has 0 aromatic heterocycles. The summed E-state index contributed by atoms with van der Waals surface area (Å²) in [6, 6.07) is 12.3. The molecule has 0 radical (unpaired) electrons. The summed E-state index contributed by atoms with van der Waals surface area (Å²) in [6.45, 7) is 1.33. The zero-order valence-corrected chi connectivity index (χ0v) is 16.6. The topological polar surface area (TPSA) is 95.1 Å². The normalized spacial score (nSPS) is 10.3. The van der Waals surface area contributed by atoms with Crippen molar-refractivity contribution in [3.05, 3.63) is 54.1 Å². The van der Waals surface area contributed by atoms with Crippen molar-refractivity contribution in [2.75, 3.05) is 27.4 Å². The number of nitrogens with one attached hydrogen (secondary N) is 2. The van der Waals surface area contributed by atoms with Crippen LogP contribution in [0.15, 0.2) is 48.5 Å². The summed E-state index contributed by atoms with van der Waals surface area (Å²) in [5.41, 5.74) is 5.46. The van der Waals surface area contributed by atoms with Gasteiger partial charge in [-0.3, -0.25) is 20.4 Å². The molecule has 0 aliphatic rings. The molecular formula is C21H24N2O6. The van der Waals surface area contributed by atoms with Gasteiger partial charge in [-0.05, 0) is 36.8 Å². The van der Waals surface area contributed by atoms with Gasteiger partial charge in [0.25, 0.3) is 11.8 Å². The summed E-state index contributed by atoms with van der Waals surface area (Å²) in [5.74, 6) is 0.789. The van der Waals surface area contributed by atoms with Gasteiger partial charge in [-0.2, -0.15) is 0 Å². The molecule has 8 nitrogen and oxygen atoms in total. The molecule has 8 heteroatoms. The van der Waals surface area contributed by atoms with Gasteiger partial charge in [0.2, 0.25) is 0 Å². The average molecular weight is 400 g/mol. The Morgan fingerprint density at radius 2 is 1.38 bits per heavy atom. The number of benzene rings is 2. The van der Waals surface area contributed by atoms with Crippen molar-refractivity contribution >= 4 is 17.9 Å². The van der Waals surface area contributed by atoms with E-state index in [2.05, 4.69) is 10.9 Å². The summed E-state index contributed by atoms with van der Waals surface area (Å²) >= 11 is 0. The van der Waals surface area contributed by atoms with Crippen LogP contribution in [0.4, 0.5) is 0 Å². The minimum atomic E-state index is -0.532. The van der Waals surface area contributed by atoms with Crippen LogP contribution < -0.4 is 29.8 Å². The first-order valence-electron chi connectivity index (χ1n) is 8.84. The number of amides is 2. The highest BCUT2D eigenvalue weighted by atomic mass is 16.5. The van der Waals surface area contributed by atoms with E-state index in [-0.39, 0.29) is 13.2 Å². The van der Waals surface area contributed by atoms with Gasteiger partial charge in [-0.25, -0.2) is 0 Å². The zero-order chi connectivity index (χ0) is 21.1.